The number of anilines is 1. The molecule has 30 heavy (non-hydrogen) atoms. The molecule has 3 aromatic rings. The molecule has 158 valence electrons. The number of aromatic nitrogens is 1. The molecule has 0 aliphatic carbocycles. The van der Waals surface area contributed by atoms with Gasteiger partial charge in [-0.25, -0.2) is 0 Å². The number of benzene rings is 2. The Morgan fingerprint density at radius 3 is 2.20 bits per heavy atom. The van der Waals surface area contributed by atoms with Crippen LogP contribution >= 0.6 is 0 Å². The zero-order valence-corrected chi connectivity index (χ0v) is 17.3. The molecule has 1 aliphatic rings. The Morgan fingerprint density at radius 2 is 1.53 bits per heavy atom. The molecule has 3 nitrogen and oxygen atoms in total. The highest BCUT2D eigenvalue weighted by Crippen LogP contribution is 2.31. The minimum Gasteiger partial charge on any atom is -0.360 e. The van der Waals surface area contributed by atoms with Crippen LogP contribution in [0.15, 0.2) is 60.7 Å². The molecule has 1 fully saturated rings. The van der Waals surface area contributed by atoms with Crippen LogP contribution in [0.5, 0.6) is 0 Å². The second kappa shape index (κ2) is 8.19. The lowest BCUT2D eigenvalue weighted by molar-refractivity contribution is -0.914. The maximum absolute atomic E-state index is 13.1. The fourth-order valence-corrected chi connectivity index (χ4v) is 4.39. The van der Waals surface area contributed by atoms with E-state index in [-0.39, 0.29) is 0 Å². The highest BCUT2D eigenvalue weighted by molar-refractivity contribution is 5.46. The number of quaternary nitrogens is 1. The van der Waals surface area contributed by atoms with E-state index in [0.717, 1.165) is 50.2 Å². The Balaban J connectivity index is 1.49. The minimum atomic E-state index is -4.34. The molecular formula is C24H27F3N3+. The molecule has 6 heteroatoms. The molecule has 1 aliphatic heterocycles. The van der Waals surface area contributed by atoms with Gasteiger partial charge in [0, 0.05) is 28.3 Å². The summed E-state index contributed by atoms with van der Waals surface area (Å²) in [5, 5.41) is 0. The molecule has 2 heterocycles. The average Bonchev–Trinajstić information content (AvgIpc) is 3.01. The molecule has 0 unspecified atom stereocenters. The fourth-order valence-electron chi connectivity index (χ4n) is 4.39. The lowest BCUT2D eigenvalue weighted by Gasteiger charge is -2.33. The number of rotatable bonds is 4. The van der Waals surface area contributed by atoms with Crippen molar-refractivity contribution in [2.45, 2.75) is 26.6 Å². The molecule has 1 saturated heterocycles. The SMILES string of the molecule is Cc1cc(C[NH+]2CCN(c3ccccc3)CC2)c(C)n1-c1cccc(C(F)(F)F)c1. The van der Waals surface area contributed by atoms with Crippen molar-refractivity contribution >= 4 is 5.69 Å². The van der Waals surface area contributed by atoms with Gasteiger partial charge in [-0.15, -0.1) is 0 Å². The molecule has 0 amide bonds. The van der Waals surface area contributed by atoms with Crippen LogP contribution in [0.1, 0.15) is 22.5 Å². The maximum atomic E-state index is 13.1. The Labute approximate surface area is 175 Å². The lowest BCUT2D eigenvalue weighted by atomic mass is 10.2. The number of hydrogen-bond acceptors (Lipinski definition) is 1. The molecule has 4 rings (SSSR count). The van der Waals surface area contributed by atoms with Crippen LogP contribution in [0.3, 0.4) is 0 Å². The first-order valence-electron chi connectivity index (χ1n) is 10.3. The van der Waals surface area contributed by atoms with E-state index in [9.17, 15) is 13.2 Å². The predicted molar refractivity (Wildman–Crippen MR) is 113 cm³/mol. The number of piperazine rings is 1. The van der Waals surface area contributed by atoms with Gasteiger partial charge in [0.2, 0.25) is 0 Å². The Hall–Kier alpha value is -2.73. The zero-order chi connectivity index (χ0) is 21.3. The van der Waals surface area contributed by atoms with Crippen LogP contribution in [0.2, 0.25) is 0 Å². The highest BCUT2D eigenvalue weighted by Gasteiger charge is 2.31. The van der Waals surface area contributed by atoms with Crippen molar-refractivity contribution in [2.24, 2.45) is 0 Å². The monoisotopic (exact) mass is 414 g/mol. The number of aryl methyl sites for hydroxylation is 1. The van der Waals surface area contributed by atoms with E-state index in [0.29, 0.717) is 5.69 Å². The van der Waals surface area contributed by atoms with E-state index in [1.54, 1.807) is 6.07 Å². The summed E-state index contributed by atoms with van der Waals surface area (Å²) < 4.78 is 41.3. The van der Waals surface area contributed by atoms with Gasteiger partial charge in [0.1, 0.15) is 6.54 Å². The number of halogens is 3. The smallest absolute Gasteiger partial charge is 0.360 e. The normalized spacial score (nSPS) is 15.6. The van der Waals surface area contributed by atoms with Gasteiger partial charge in [0.15, 0.2) is 0 Å². The van der Waals surface area contributed by atoms with Crippen molar-refractivity contribution in [1.29, 1.82) is 0 Å². The molecule has 1 aromatic heterocycles. The van der Waals surface area contributed by atoms with E-state index < -0.39 is 11.7 Å². The Bertz CT molecular complexity index is 1000. The van der Waals surface area contributed by atoms with Crippen molar-refractivity contribution in [3.05, 3.63) is 83.2 Å². The number of para-hydroxylation sites is 1. The van der Waals surface area contributed by atoms with Gasteiger partial charge in [0.25, 0.3) is 0 Å². The van der Waals surface area contributed by atoms with E-state index in [1.807, 2.05) is 24.5 Å². The van der Waals surface area contributed by atoms with Crippen LogP contribution in [-0.4, -0.2) is 30.7 Å². The minimum absolute atomic E-state index is 0.565. The summed E-state index contributed by atoms with van der Waals surface area (Å²) in [7, 11) is 0. The molecule has 0 bridgehead atoms. The summed E-state index contributed by atoms with van der Waals surface area (Å²) in [6, 6.07) is 18.1. The fraction of sp³-hybridized carbons (Fsp3) is 0.333. The molecular weight excluding hydrogens is 387 g/mol. The van der Waals surface area contributed by atoms with Crippen LogP contribution in [-0.2, 0) is 12.7 Å². The molecule has 1 N–H and O–H groups in total. The zero-order valence-electron chi connectivity index (χ0n) is 17.3. The van der Waals surface area contributed by atoms with Crippen molar-refractivity contribution in [2.75, 3.05) is 31.1 Å². The summed E-state index contributed by atoms with van der Waals surface area (Å²) in [5.74, 6) is 0. The Morgan fingerprint density at radius 1 is 0.867 bits per heavy atom. The first kappa shape index (κ1) is 20.5. The quantitative estimate of drug-likeness (QED) is 0.680. The number of hydrogen-bond donors (Lipinski definition) is 1. The first-order valence-corrected chi connectivity index (χ1v) is 10.3. The number of alkyl halides is 3. The third-order valence-electron chi connectivity index (χ3n) is 6.00. The van der Waals surface area contributed by atoms with Gasteiger partial charge in [-0.05, 0) is 50.2 Å². The van der Waals surface area contributed by atoms with E-state index in [4.69, 9.17) is 0 Å². The third kappa shape index (κ3) is 4.24. The maximum Gasteiger partial charge on any atom is 0.416 e. The second-order valence-corrected chi connectivity index (χ2v) is 8.03. The summed E-state index contributed by atoms with van der Waals surface area (Å²) in [5.41, 5.74) is 4.40. The second-order valence-electron chi connectivity index (χ2n) is 8.03. The van der Waals surface area contributed by atoms with E-state index in [1.165, 1.54) is 28.3 Å². The average molecular weight is 414 g/mol. The Kier molecular flexibility index (Phi) is 5.60. The topological polar surface area (TPSA) is 12.6 Å². The molecule has 0 radical (unpaired) electrons. The molecule has 0 atom stereocenters. The van der Waals surface area contributed by atoms with Gasteiger partial charge >= 0.3 is 6.18 Å². The van der Waals surface area contributed by atoms with Crippen molar-refractivity contribution < 1.29 is 18.1 Å². The van der Waals surface area contributed by atoms with Crippen molar-refractivity contribution in [3.8, 4) is 5.69 Å². The molecule has 2 aromatic carbocycles. The van der Waals surface area contributed by atoms with Gasteiger partial charge in [-0.1, -0.05) is 24.3 Å². The summed E-state index contributed by atoms with van der Waals surface area (Å²) in [6.45, 7) is 8.95. The van der Waals surface area contributed by atoms with E-state index >= 15 is 0 Å². The van der Waals surface area contributed by atoms with Gasteiger partial charge in [0.05, 0.1) is 31.7 Å². The lowest BCUT2D eigenvalue weighted by Crippen LogP contribution is -3.13. The van der Waals surface area contributed by atoms with Crippen LogP contribution in [0, 0.1) is 13.8 Å². The molecule has 0 saturated carbocycles. The standard InChI is InChI=1S/C24H26F3N3/c1-18-15-20(17-28-11-13-29(14-12-28)22-8-4-3-5-9-22)19(2)30(18)23-10-6-7-21(16-23)24(25,26)27/h3-10,15-16H,11-14,17H2,1-2H3/p+1. The van der Waals surface area contributed by atoms with Gasteiger partial charge in [-0.3, -0.25) is 0 Å². The van der Waals surface area contributed by atoms with Gasteiger partial charge < -0.3 is 14.4 Å². The van der Waals surface area contributed by atoms with Gasteiger partial charge in [-0.2, -0.15) is 13.2 Å². The third-order valence-corrected chi connectivity index (χ3v) is 6.00. The molecule has 0 spiro atoms. The summed E-state index contributed by atoms with van der Waals surface area (Å²) in [4.78, 5) is 3.92. The van der Waals surface area contributed by atoms with Crippen LogP contribution < -0.4 is 9.80 Å². The predicted octanol–water partition coefficient (Wildman–Crippen LogP) is 4.02. The number of nitrogens with zero attached hydrogens (tertiary/aromatic N) is 2. The van der Waals surface area contributed by atoms with Crippen LogP contribution in [0.4, 0.5) is 18.9 Å². The van der Waals surface area contributed by atoms with Crippen molar-refractivity contribution in [3.63, 3.8) is 0 Å². The summed E-state index contributed by atoms with van der Waals surface area (Å²) >= 11 is 0. The summed E-state index contributed by atoms with van der Waals surface area (Å²) in [6.07, 6.45) is -4.34. The van der Waals surface area contributed by atoms with E-state index in [2.05, 4.69) is 35.2 Å². The van der Waals surface area contributed by atoms with Crippen LogP contribution in [0.25, 0.3) is 5.69 Å². The van der Waals surface area contributed by atoms with Crippen molar-refractivity contribution in [1.82, 2.24) is 4.57 Å². The largest absolute Gasteiger partial charge is 0.416 e. The number of nitrogens with one attached hydrogen (secondary N) is 1. The first-order chi connectivity index (χ1) is 14.3. The highest BCUT2D eigenvalue weighted by atomic mass is 19.4.